The molecule has 4 heteroatoms. The summed E-state index contributed by atoms with van der Waals surface area (Å²) in [5, 5.41) is 19.5. The first-order chi connectivity index (χ1) is 17.7. The van der Waals surface area contributed by atoms with Gasteiger partial charge in [-0.3, -0.25) is 4.90 Å². The van der Waals surface area contributed by atoms with E-state index in [4.69, 9.17) is 0 Å². The maximum absolute atomic E-state index is 9.92. The van der Waals surface area contributed by atoms with Gasteiger partial charge in [-0.2, -0.15) is 0 Å². The maximum Gasteiger partial charge on any atom is 0.115 e. The summed E-state index contributed by atoms with van der Waals surface area (Å²) in [7, 11) is 0. The van der Waals surface area contributed by atoms with Crippen LogP contribution in [0.4, 0.5) is 5.69 Å². The van der Waals surface area contributed by atoms with Crippen molar-refractivity contribution in [2.75, 3.05) is 37.7 Å². The summed E-state index contributed by atoms with van der Waals surface area (Å²) in [6.07, 6.45) is 7.03. The molecule has 0 bridgehead atoms. The van der Waals surface area contributed by atoms with Crippen LogP contribution in [0.25, 0.3) is 11.1 Å². The molecule has 4 nitrogen and oxygen atoms in total. The predicted octanol–water partition coefficient (Wildman–Crippen LogP) is 6.19. The van der Waals surface area contributed by atoms with E-state index >= 15 is 0 Å². The molecule has 0 radical (unpaired) electrons. The van der Waals surface area contributed by atoms with Gasteiger partial charge < -0.3 is 15.1 Å². The minimum absolute atomic E-state index is 0.158. The summed E-state index contributed by atoms with van der Waals surface area (Å²) in [6.45, 7) is 4.64. The number of allylic oxidation sites excluding steroid dienone is 1. The molecule has 0 aromatic heterocycles. The molecule has 5 rings (SSSR count). The van der Waals surface area contributed by atoms with E-state index in [-0.39, 0.29) is 12.4 Å². The normalized spacial score (nSPS) is 17.9. The second kappa shape index (κ2) is 11.8. The molecule has 3 aromatic rings. The number of rotatable bonds is 8. The van der Waals surface area contributed by atoms with Gasteiger partial charge in [0.1, 0.15) is 5.75 Å². The van der Waals surface area contributed by atoms with Gasteiger partial charge in [0, 0.05) is 44.5 Å². The number of aliphatic hydroxyl groups is 1. The Hall–Kier alpha value is -3.08. The van der Waals surface area contributed by atoms with Crippen molar-refractivity contribution in [2.24, 2.45) is 0 Å². The quantitative estimate of drug-likeness (QED) is 0.376. The van der Waals surface area contributed by atoms with Gasteiger partial charge in [-0.25, -0.2) is 0 Å². The highest BCUT2D eigenvalue weighted by molar-refractivity contribution is 5.98. The molecule has 2 N–H and O–H groups in total. The Bertz CT molecular complexity index is 1130. The van der Waals surface area contributed by atoms with Crippen molar-refractivity contribution in [1.29, 1.82) is 0 Å². The largest absolute Gasteiger partial charge is 0.508 e. The second-order valence-electron chi connectivity index (χ2n) is 10.1. The molecule has 0 amide bonds. The Kier molecular flexibility index (Phi) is 8.04. The molecule has 1 saturated heterocycles. The van der Waals surface area contributed by atoms with Crippen molar-refractivity contribution < 1.29 is 10.2 Å². The molecule has 0 spiro atoms. The Labute approximate surface area is 215 Å². The maximum atomic E-state index is 9.92. The van der Waals surface area contributed by atoms with Gasteiger partial charge in [0.15, 0.2) is 0 Å². The third-order valence-electron chi connectivity index (χ3n) is 7.84. The molecule has 3 aromatic carbocycles. The van der Waals surface area contributed by atoms with Crippen LogP contribution >= 0.6 is 0 Å². The van der Waals surface area contributed by atoms with Crippen LogP contribution in [0.3, 0.4) is 0 Å². The summed E-state index contributed by atoms with van der Waals surface area (Å²) in [4.78, 5) is 5.22. The average Bonchev–Trinajstić information content (AvgIpc) is 3.48. The Morgan fingerprint density at radius 1 is 0.722 bits per heavy atom. The SMILES string of the molecule is OCCC/C(=C(\c1ccc(O)cc1)c1ccc(N2CCN(C3CCCC3)CC2)cc1)c1ccccc1. The van der Waals surface area contributed by atoms with Gasteiger partial charge in [0.25, 0.3) is 0 Å². The first kappa shape index (κ1) is 24.6. The Morgan fingerprint density at radius 3 is 1.94 bits per heavy atom. The van der Waals surface area contributed by atoms with Crippen molar-refractivity contribution >= 4 is 16.8 Å². The van der Waals surface area contributed by atoms with Crippen LogP contribution in [-0.2, 0) is 0 Å². The summed E-state index contributed by atoms with van der Waals surface area (Å²) in [6, 6.07) is 27.7. The van der Waals surface area contributed by atoms with E-state index in [9.17, 15) is 10.2 Å². The highest BCUT2D eigenvalue weighted by atomic mass is 16.3. The van der Waals surface area contributed by atoms with Crippen LogP contribution in [0.2, 0.25) is 0 Å². The summed E-state index contributed by atoms with van der Waals surface area (Å²) in [5.41, 5.74) is 7.06. The van der Waals surface area contributed by atoms with Crippen LogP contribution in [0.15, 0.2) is 78.9 Å². The molecule has 0 unspecified atom stereocenters. The molecule has 2 aliphatic rings. The summed E-state index contributed by atoms with van der Waals surface area (Å²) < 4.78 is 0. The average molecular weight is 483 g/mol. The van der Waals surface area contributed by atoms with Crippen molar-refractivity contribution in [3.63, 3.8) is 0 Å². The van der Waals surface area contributed by atoms with E-state index in [2.05, 4.69) is 58.3 Å². The van der Waals surface area contributed by atoms with Gasteiger partial charge in [0.05, 0.1) is 0 Å². The summed E-state index contributed by atoms with van der Waals surface area (Å²) >= 11 is 0. The minimum Gasteiger partial charge on any atom is -0.508 e. The van der Waals surface area contributed by atoms with Gasteiger partial charge in [-0.05, 0) is 77.8 Å². The van der Waals surface area contributed by atoms with Gasteiger partial charge >= 0.3 is 0 Å². The molecule has 1 aliphatic carbocycles. The lowest BCUT2D eigenvalue weighted by Crippen LogP contribution is -2.49. The topological polar surface area (TPSA) is 46.9 Å². The fourth-order valence-electron chi connectivity index (χ4n) is 5.91. The fraction of sp³-hybridized carbons (Fsp3) is 0.375. The monoisotopic (exact) mass is 482 g/mol. The Balaban J connectivity index is 1.45. The number of phenols is 1. The van der Waals surface area contributed by atoms with Gasteiger partial charge in [0.2, 0.25) is 0 Å². The molecular formula is C32H38N2O2. The number of benzene rings is 3. The van der Waals surface area contributed by atoms with Crippen LogP contribution in [0.5, 0.6) is 5.75 Å². The number of anilines is 1. The van der Waals surface area contributed by atoms with E-state index in [1.165, 1.54) is 42.5 Å². The van der Waals surface area contributed by atoms with Gasteiger partial charge in [-0.1, -0.05) is 67.4 Å². The predicted molar refractivity (Wildman–Crippen MR) is 149 cm³/mol. The number of piperazine rings is 1. The summed E-state index contributed by atoms with van der Waals surface area (Å²) in [5.74, 6) is 0.266. The van der Waals surface area contributed by atoms with Crippen LogP contribution < -0.4 is 4.90 Å². The zero-order valence-corrected chi connectivity index (χ0v) is 21.1. The Morgan fingerprint density at radius 2 is 1.33 bits per heavy atom. The van der Waals surface area contributed by atoms with Crippen LogP contribution in [-0.4, -0.2) is 53.9 Å². The smallest absolute Gasteiger partial charge is 0.115 e. The zero-order valence-electron chi connectivity index (χ0n) is 21.1. The molecule has 188 valence electrons. The minimum atomic E-state index is 0.158. The second-order valence-corrected chi connectivity index (χ2v) is 10.1. The molecule has 2 fully saturated rings. The van der Waals surface area contributed by atoms with Crippen molar-refractivity contribution in [2.45, 2.75) is 44.6 Å². The van der Waals surface area contributed by atoms with Gasteiger partial charge in [-0.15, -0.1) is 0 Å². The number of nitrogens with zero attached hydrogens (tertiary/aromatic N) is 2. The van der Waals surface area contributed by atoms with E-state index in [1.807, 2.05) is 18.2 Å². The number of hydrogen-bond acceptors (Lipinski definition) is 4. The molecule has 0 atom stereocenters. The van der Waals surface area contributed by atoms with E-state index in [1.54, 1.807) is 12.1 Å². The lowest BCUT2D eigenvalue weighted by molar-refractivity contribution is 0.187. The van der Waals surface area contributed by atoms with Crippen LogP contribution in [0.1, 0.15) is 55.2 Å². The molecule has 36 heavy (non-hydrogen) atoms. The van der Waals surface area contributed by atoms with Crippen LogP contribution in [0, 0.1) is 0 Å². The third-order valence-corrected chi connectivity index (χ3v) is 7.84. The molecule has 1 saturated carbocycles. The first-order valence-corrected chi connectivity index (χ1v) is 13.5. The van der Waals surface area contributed by atoms with Crippen molar-refractivity contribution in [3.8, 4) is 5.75 Å². The van der Waals surface area contributed by atoms with Crippen molar-refractivity contribution in [1.82, 2.24) is 4.90 Å². The number of hydrogen-bond donors (Lipinski definition) is 2. The van der Waals surface area contributed by atoms with E-state index in [0.29, 0.717) is 6.42 Å². The highest BCUT2D eigenvalue weighted by Gasteiger charge is 2.26. The lowest BCUT2D eigenvalue weighted by atomic mass is 9.87. The fourth-order valence-corrected chi connectivity index (χ4v) is 5.91. The zero-order chi connectivity index (χ0) is 24.7. The molecule has 1 heterocycles. The highest BCUT2D eigenvalue weighted by Crippen LogP contribution is 2.36. The third kappa shape index (κ3) is 5.66. The number of aromatic hydroxyl groups is 1. The lowest BCUT2D eigenvalue weighted by Gasteiger charge is -2.39. The van der Waals surface area contributed by atoms with Crippen molar-refractivity contribution in [3.05, 3.63) is 95.6 Å². The standard InChI is InChI=1S/C32H38N2O2/c35-24-6-11-31(25-7-2-1-3-8-25)32(27-14-18-30(36)19-15-27)26-12-16-29(17-13-26)34-22-20-33(21-23-34)28-9-4-5-10-28/h1-3,7-8,12-19,28,35-36H,4-6,9-11,20-24H2/b32-31+. The first-order valence-electron chi connectivity index (χ1n) is 13.5. The number of phenolic OH excluding ortho intramolecular Hbond substituents is 1. The number of aliphatic hydroxyl groups excluding tert-OH is 1. The van der Waals surface area contributed by atoms with E-state index in [0.717, 1.165) is 55.3 Å². The van der Waals surface area contributed by atoms with E-state index < -0.39 is 0 Å². The molecular weight excluding hydrogens is 444 g/mol. The molecule has 1 aliphatic heterocycles.